The Kier molecular flexibility index (Phi) is 2.69. The van der Waals surface area contributed by atoms with E-state index >= 15 is 0 Å². The van der Waals surface area contributed by atoms with Crippen molar-refractivity contribution in [3.05, 3.63) is 17.5 Å². The van der Waals surface area contributed by atoms with Crippen LogP contribution in [0.2, 0.25) is 0 Å². The molecule has 1 unspecified atom stereocenters. The molecular weight excluding hydrogens is 138 g/mol. The van der Waals surface area contributed by atoms with Crippen molar-refractivity contribution < 1.29 is 4.52 Å². The van der Waals surface area contributed by atoms with Crippen LogP contribution in [0.4, 0.5) is 0 Å². The van der Waals surface area contributed by atoms with Crippen LogP contribution in [0.15, 0.2) is 10.6 Å². The fraction of sp³-hybridized carbons (Fsp3) is 0.667. The van der Waals surface area contributed by atoms with Crippen LogP contribution in [0.3, 0.4) is 0 Å². The fourth-order valence-corrected chi connectivity index (χ4v) is 1.20. The van der Waals surface area contributed by atoms with Gasteiger partial charge in [0, 0.05) is 12.0 Å². The lowest BCUT2D eigenvalue weighted by molar-refractivity contribution is 0.385. The van der Waals surface area contributed by atoms with Crippen molar-refractivity contribution in [3.8, 4) is 0 Å². The zero-order chi connectivity index (χ0) is 8.27. The Balaban J connectivity index is 2.60. The summed E-state index contributed by atoms with van der Waals surface area (Å²) in [5.74, 6) is 1.44. The minimum absolute atomic E-state index is 0.539. The zero-order valence-corrected chi connectivity index (χ0v) is 7.42. The first-order valence-corrected chi connectivity index (χ1v) is 4.17. The molecule has 2 nitrogen and oxygen atoms in total. The van der Waals surface area contributed by atoms with Gasteiger partial charge in [0.15, 0.2) is 0 Å². The van der Waals surface area contributed by atoms with Crippen molar-refractivity contribution >= 4 is 0 Å². The van der Waals surface area contributed by atoms with E-state index in [9.17, 15) is 0 Å². The van der Waals surface area contributed by atoms with Gasteiger partial charge in [0.25, 0.3) is 0 Å². The summed E-state index contributed by atoms with van der Waals surface area (Å²) in [6.07, 6.45) is 2.39. The summed E-state index contributed by atoms with van der Waals surface area (Å²) in [5.41, 5.74) is 1.09. The molecule has 0 spiro atoms. The maximum Gasteiger partial charge on any atom is 0.133 e. The highest BCUT2D eigenvalue weighted by molar-refractivity contribution is 5.08. The first kappa shape index (κ1) is 8.31. The molecular formula is C9H15NO. The number of aryl methyl sites for hydroxylation is 1. The quantitative estimate of drug-likeness (QED) is 0.667. The highest BCUT2D eigenvalue weighted by Gasteiger charge is 2.08. The van der Waals surface area contributed by atoms with Gasteiger partial charge in [0.2, 0.25) is 0 Å². The fourth-order valence-electron chi connectivity index (χ4n) is 1.20. The molecule has 1 heterocycles. The van der Waals surface area contributed by atoms with Crippen LogP contribution < -0.4 is 0 Å². The van der Waals surface area contributed by atoms with E-state index in [4.69, 9.17) is 4.52 Å². The van der Waals surface area contributed by atoms with Crippen LogP contribution in [0, 0.1) is 6.92 Å². The molecule has 0 amide bonds. The van der Waals surface area contributed by atoms with E-state index in [-0.39, 0.29) is 0 Å². The molecule has 0 saturated carbocycles. The van der Waals surface area contributed by atoms with Crippen molar-refractivity contribution in [2.45, 2.75) is 39.5 Å². The second-order valence-corrected chi connectivity index (χ2v) is 3.05. The standard InChI is InChI=1S/C9H15NO/c1-4-5-7(2)9-6-8(3)11-10-9/h6-7H,4-5H2,1-3H3. The highest BCUT2D eigenvalue weighted by atomic mass is 16.5. The first-order chi connectivity index (χ1) is 5.24. The molecule has 0 fully saturated rings. The molecule has 0 radical (unpaired) electrons. The predicted octanol–water partition coefficient (Wildman–Crippen LogP) is 2.89. The molecule has 1 rings (SSSR count). The average Bonchev–Trinajstić information content (AvgIpc) is 2.36. The molecule has 0 aliphatic heterocycles. The summed E-state index contributed by atoms with van der Waals surface area (Å²) in [5, 5.41) is 3.96. The molecule has 2 heteroatoms. The van der Waals surface area contributed by atoms with Gasteiger partial charge in [-0.25, -0.2) is 0 Å². The lowest BCUT2D eigenvalue weighted by Gasteiger charge is -2.03. The molecule has 62 valence electrons. The Morgan fingerprint density at radius 2 is 2.36 bits per heavy atom. The van der Waals surface area contributed by atoms with E-state index in [1.54, 1.807) is 0 Å². The van der Waals surface area contributed by atoms with Crippen molar-refractivity contribution in [3.63, 3.8) is 0 Å². The van der Waals surface area contributed by atoms with Crippen molar-refractivity contribution in [1.82, 2.24) is 5.16 Å². The third-order valence-corrected chi connectivity index (χ3v) is 1.87. The van der Waals surface area contributed by atoms with E-state index in [0.29, 0.717) is 5.92 Å². The molecule has 1 aromatic rings. The van der Waals surface area contributed by atoms with Gasteiger partial charge in [0.1, 0.15) is 5.76 Å². The monoisotopic (exact) mass is 153 g/mol. The summed E-state index contributed by atoms with van der Waals surface area (Å²) < 4.78 is 4.98. The van der Waals surface area contributed by atoms with Crippen LogP contribution >= 0.6 is 0 Å². The Morgan fingerprint density at radius 3 is 2.82 bits per heavy atom. The van der Waals surface area contributed by atoms with E-state index < -0.39 is 0 Å². The molecule has 11 heavy (non-hydrogen) atoms. The Morgan fingerprint density at radius 1 is 1.64 bits per heavy atom. The van der Waals surface area contributed by atoms with E-state index in [0.717, 1.165) is 11.5 Å². The predicted molar refractivity (Wildman–Crippen MR) is 44.6 cm³/mol. The normalized spacial score (nSPS) is 13.4. The van der Waals surface area contributed by atoms with Crippen LogP contribution in [-0.4, -0.2) is 5.16 Å². The van der Waals surface area contributed by atoms with Gasteiger partial charge < -0.3 is 4.52 Å². The molecule has 1 atom stereocenters. The first-order valence-electron chi connectivity index (χ1n) is 4.17. The smallest absolute Gasteiger partial charge is 0.133 e. The average molecular weight is 153 g/mol. The Bertz CT molecular complexity index is 217. The minimum atomic E-state index is 0.539. The second kappa shape index (κ2) is 3.56. The van der Waals surface area contributed by atoms with Gasteiger partial charge >= 0.3 is 0 Å². The maximum absolute atomic E-state index is 4.98. The van der Waals surface area contributed by atoms with Crippen LogP contribution in [0.5, 0.6) is 0 Å². The molecule has 0 aliphatic carbocycles. The molecule has 0 saturated heterocycles. The van der Waals surface area contributed by atoms with Gasteiger partial charge in [-0.05, 0) is 13.3 Å². The molecule has 0 aromatic carbocycles. The summed E-state index contributed by atoms with van der Waals surface area (Å²) in [7, 11) is 0. The largest absolute Gasteiger partial charge is 0.361 e. The van der Waals surface area contributed by atoms with E-state index in [2.05, 4.69) is 19.0 Å². The van der Waals surface area contributed by atoms with Gasteiger partial charge in [-0.3, -0.25) is 0 Å². The Labute approximate surface area is 67.6 Å². The van der Waals surface area contributed by atoms with E-state index in [1.165, 1.54) is 12.8 Å². The maximum atomic E-state index is 4.98. The summed E-state index contributed by atoms with van der Waals surface area (Å²) in [4.78, 5) is 0. The molecule has 0 aliphatic rings. The second-order valence-electron chi connectivity index (χ2n) is 3.05. The number of hydrogen-bond donors (Lipinski definition) is 0. The minimum Gasteiger partial charge on any atom is -0.361 e. The van der Waals surface area contributed by atoms with Crippen molar-refractivity contribution in [1.29, 1.82) is 0 Å². The van der Waals surface area contributed by atoms with Crippen LogP contribution in [0.25, 0.3) is 0 Å². The number of nitrogens with zero attached hydrogens (tertiary/aromatic N) is 1. The number of rotatable bonds is 3. The van der Waals surface area contributed by atoms with Crippen molar-refractivity contribution in [2.24, 2.45) is 0 Å². The topological polar surface area (TPSA) is 26.0 Å². The molecule has 0 bridgehead atoms. The third-order valence-electron chi connectivity index (χ3n) is 1.87. The van der Waals surface area contributed by atoms with Crippen LogP contribution in [0.1, 0.15) is 44.1 Å². The highest BCUT2D eigenvalue weighted by Crippen LogP contribution is 2.19. The van der Waals surface area contributed by atoms with Gasteiger partial charge in [-0.1, -0.05) is 25.4 Å². The zero-order valence-electron chi connectivity index (χ0n) is 7.42. The third kappa shape index (κ3) is 2.07. The van der Waals surface area contributed by atoms with Gasteiger partial charge in [0.05, 0.1) is 5.69 Å². The lowest BCUT2D eigenvalue weighted by atomic mass is 10.0. The van der Waals surface area contributed by atoms with Crippen LogP contribution in [-0.2, 0) is 0 Å². The molecule has 0 N–H and O–H groups in total. The summed E-state index contributed by atoms with van der Waals surface area (Å²) in [6, 6.07) is 2.01. The number of aromatic nitrogens is 1. The lowest BCUT2D eigenvalue weighted by Crippen LogP contribution is -1.91. The summed E-state index contributed by atoms with van der Waals surface area (Å²) >= 11 is 0. The Hall–Kier alpha value is -0.790. The van der Waals surface area contributed by atoms with E-state index in [1.807, 2.05) is 13.0 Å². The van der Waals surface area contributed by atoms with Crippen molar-refractivity contribution in [2.75, 3.05) is 0 Å². The summed E-state index contributed by atoms with van der Waals surface area (Å²) in [6.45, 7) is 6.29. The van der Waals surface area contributed by atoms with Gasteiger partial charge in [-0.15, -0.1) is 0 Å². The molecule has 1 aromatic heterocycles. The number of hydrogen-bond acceptors (Lipinski definition) is 2. The van der Waals surface area contributed by atoms with Gasteiger partial charge in [-0.2, -0.15) is 0 Å². The SMILES string of the molecule is CCCC(C)c1cc(C)on1.